The summed E-state index contributed by atoms with van der Waals surface area (Å²) in [5, 5.41) is 8.00. The summed E-state index contributed by atoms with van der Waals surface area (Å²) in [4.78, 5) is 0. The maximum atomic E-state index is 2.57. The molecule has 0 saturated heterocycles. The van der Waals surface area contributed by atoms with Crippen molar-refractivity contribution in [3.05, 3.63) is 131 Å². The van der Waals surface area contributed by atoms with Crippen LogP contribution in [0.15, 0.2) is 115 Å². The van der Waals surface area contributed by atoms with E-state index in [2.05, 4.69) is 147 Å². The van der Waals surface area contributed by atoms with Crippen molar-refractivity contribution < 1.29 is 0 Å². The molecular formula is C44H37N. The molecule has 6 aromatic carbocycles. The van der Waals surface area contributed by atoms with Crippen LogP contribution < -0.4 is 0 Å². The van der Waals surface area contributed by atoms with Crippen LogP contribution in [0.4, 0.5) is 0 Å². The molecule has 0 aliphatic heterocycles. The van der Waals surface area contributed by atoms with Gasteiger partial charge in [0.25, 0.3) is 0 Å². The van der Waals surface area contributed by atoms with Gasteiger partial charge in [0, 0.05) is 21.5 Å². The Morgan fingerprint density at radius 3 is 1.96 bits per heavy atom. The van der Waals surface area contributed by atoms with Crippen molar-refractivity contribution in [1.82, 2.24) is 4.40 Å². The van der Waals surface area contributed by atoms with Crippen LogP contribution >= 0.6 is 0 Å². The second-order valence-corrected chi connectivity index (χ2v) is 13.7. The topological polar surface area (TPSA) is 4.41 Å². The van der Waals surface area contributed by atoms with Gasteiger partial charge in [-0.25, -0.2) is 0 Å². The molecule has 0 bridgehead atoms. The van der Waals surface area contributed by atoms with Gasteiger partial charge < -0.3 is 4.40 Å². The molecule has 0 unspecified atom stereocenters. The summed E-state index contributed by atoms with van der Waals surface area (Å²) in [6.07, 6.45) is 4.74. The van der Waals surface area contributed by atoms with Gasteiger partial charge in [0.2, 0.25) is 0 Å². The van der Waals surface area contributed by atoms with Crippen LogP contribution in [0, 0.1) is 5.92 Å². The van der Waals surface area contributed by atoms with Crippen LogP contribution in [0.5, 0.6) is 0 Å². The standard InChI is InChI=1S/C44H37N/c1-26(2)29-14-16-31-24-42-38(20-33(31)18-29)40-22-35(37-13-9-8-12-36(37)28-10-6-5-7-11-28)23-41-39-21-34-19-30(27(3)4)15-17-32(34)25-43(39)45(42)44(40)41/h5-14,16,18-27H,15,17H2,1-4H3. The molecule has 2 heterocycles. The predicted molar refractivity (Wildman–Crippen MR) is 195 cm³/mol. The lowest BCUT2D eigenvalue weighted by atomic mass is 9.86. The normalized spacial score (nSPS) is 13.7. The number of rotatable bonds is 4. The van der Waals surface area contributed by atoms with E-state index in [0.29, 0.717) is 11.8 Å². The fraction of sp³-hybridized carbons (Fsp3) is 0.182. The minimum atomic E-state index is 0.501. The zero-order valence-corrected chi connectivity index (χ0v) is 26.5. The van der Waals surface area contributed by atoms with E-state index >= 15 is 0 Å². The average Bonchev–Trinajstić information content (AvgIpc) is 3.56. The molecule has 0 fully saturated rings. The second-order valence-electron chi connectivity index (χ2n) is 13.7. The van der Waals surface area contributed by atoms with Gasteiger partial charge in [0.15, 0.2) is 0 Å². The van der Waals surface area contributed by atoms with Crippen molar-refractivity contribution in [3.8, 4) is 22.3 Å². The Morgan fingerprint density at radius 1 is 0.533 bits per heavy atom. The van der Waals surface area contributed by atoms with Gasteiger partial charge in [0.1, 0.15) is 0 Å². The van der Waals surface area contributed by atoms with Gasteiger partial charge in [-0.15, -0.1) is 0 Å². The molecular weight excluding hydrogens is 542 g/mol. The Hall–Kier alpha value is -4.88. The van der Waals surface area contributed by atoms with Crippen LogP contribution in [-0.2, 0) is 6.42 Å². The number of hydrogen-bond acceptors (Lipinski definition) is 0. The summed E-state index contributed by atoms with van der Waals surface area (Å²) in [5.41, 5.74) is 14.9. The number of hydrogen-bond donors (Lipinski definition) is 0. The van der Waals surface area contributed by atoms with Crippen molar-refractivity contribution in [3.63, 3.8) is 0 Å². The second kappa shape index (κ2) is 9.81. The fourth-order valence-corrected chi connectivity index (χ4v) is 7.89. The van der Waals surface area contributed by atoms with E-state index in [1.807, 2.05) is 0 Å². The van der Waals surface area contributed by atoms with E-state index in [1.54, 1.807) is 5.57 Å². The van der Waals surface area contributed by atoms with Gasteiger partial charge >= 0.3 is 0 Å². The number of benzene rings is 6. The maximum absolute atomic E-state index is 2.57. The van der Waals surface area contributed by atoms with E-state index in [0.717, 1.165) is 12.8 Å². The summed E-state index contributed by atoms with van der Waals surface area (Å²) in [5.74, 6) is 1.08. The highest BCUT2D eigenvalue weighted by Crippen LogP contribution is 2.45. The van der Waals surface area contributed by atoms with E-state index in [1.165, 1.54) is 87.8 Å². The maximum Gasteiger partial charge on any atom is 0.0620 e. The lowest BCUT2D eigenvalue weighted by Crippen LogP contribution is -2.04. The molecule has 0 radical (unpaired) electrons. The van der Waals surface area contributed by atoms with Crippen molar-refractivity contribution in [2.45, 2.75) is 46.5 Å². The summed E-state index contributed by atoms with van der Waals surface area (Å²) in [6, 6.07) is 41.5. The first-order valence-electron chi connectivity index (χ1n) is 16.5. The first kappa shape index (κ1) is 26.5. The third-order valence-electron chi connectivity index (χ3n) is 10.4. The van der Waals surface area contributed by atoms with Gasteiger partial charge in [-0.2, -0.15) is 0 Å². The Labute approximate surface area is 264 Å². The van der Waals surface area contributed by atoms with Crippen LogP contribution in [-0.4, -0.2) is 4.40 Å². The van der Waals surface area contributed by atoms with Gasteiger partial charge in [-0.1, -0.05) is 112 Å². The first-order valence-corrected chi connectivity index (χ1v) is 16.5. The number of aryl methyl sites for hydroxylation is 1. The molecule has 1 aliphatic rings. The Balaban J connectivity index is 1.41. The minimum Gasteiger partial charge on any atom is -0.308 e. The highest BCUT2D eigenvalue weighted by molar-refractivity contribution is 6.26. The Kier molecular flexibility index (Phi) is 5.78. The number of aromatic nitrogens is 1. The Bertz CT molecular complexity index is 2470. The molecule has 218 valence electrons. The summed E-state index contributed by atoms with van der Waals surface area (Å²) in [6.45, 7) is 9.22. The van der Waals surface area contributed by atoms with E-state index in [4.69, 9.17) is 0 Å². The zero-order chi connectivity index (χ0) is 30.4. The molecule has 0 spiro atoms. The van der Waals surface area contributed by atoms with E-state index in [9.17, 15) is 0 Å². The third-order valence-corrected chi connectivity index (χ3v) is 10.4. The monoisotopic (exact) mass is 579 g/mol. The van der Waals surface area contributed by atoms with Crippen molar-refractivity contribution in [1.29, 1.82) is 0 Å². The molecule has 0 N–H and O–H groups in total. The number of allylic oxidation sites excluding steroid dienone is 1. The van der Waals surface area contributed by atoms with Crippen LogP contribution in [0.3, 0.4) is 0 Å². The molecule has 1 aliphatic carbocycles. The quantitative estimate of drug-likeness (QED) is 0.195. The summed E-state index contributed by atoms with van der Waals surface area (Å²) >= 11 is 0. The smallest absolute Gasteiger partial charge is 0.0620 e. The minimum absolute atomic E-state index is 0.501. The molecule has 1 nitrogen and oxygen atoms in total. The van der Waals surface area contributed by atoms with Crippen LogP contribution in [0.25, 0.3) is 77.2 Å². The van der Waals surface area contributed by atoms with E-state index < -0.39 is 0 Å². The zero-order valence-electron chi connectivity index (χ0n) is 26.5. The molecule has 0 amide bonds. The van der Waals surface area contributed by atoms with Crippen molar-refractivity contribution in [2.24, 2.45) is 5.92 Å². The summed E-state index contributed by atoms with van der Waals surface area (Å²) < 4.78 is 2.57. The fourth-order valence-electron chi connectivity index (χ4n) is 7.89. The van der Waals surface area contributed by atoms with Gasteiger partial charge in [-0.3, -0.25) is 0 Å². The molecule has 0 saturated carbocycles. The van der Waals surface area contributed by atoms with Gasteiger partial charge in [0.05, 0.1) is 16.6 Å². The predicted octanol–water partition coefficient (Wildman–Crippen LogP) is 12.4. The van der Waals surface area contributed by atoms with Gasteiger partial charge in [-0.05, 0) is 111 Å². The number of fused-ring (bicyclic) bond motifs is 8. The average molecular weight is 580 g/mol. The highest BCUT2D eigenvalue weighted by Gasteiger charge is 2.23. The molecule has 2 aromatic heterocycles. The molecule has 8 aromatic rings. The third kappa shape index (κ3) is 4.00. The highest BCUT2D eigenvalue weighted by atomic mass is 14.9. The molecule has 9 rings (SSSR count). The lowest BCUT2D eigenvalue weighted by molar-refractivity contribution is 0.709. The SMILES string of the molecule is CC(C)C1=Cc2cc3c4cc(-c5ccccc5-c5ccccc5)cc5c6cc7cc(C(C)C)ccc7cc6n(c3cc2CC1)c45. The van der Waals surface area contributed by atoms with E-state index in [-0.39, 0.29) is 0 Å². The first-order chi connectivity index (χ1) is 21.9. The Morgan fingerprint density at radius 2 is 1.22 bits per heavy atom. The van der Waals surface area contributed by atoms with Crippen molar-refractivity contribution in [2.75, 3.05) is 0 Å². The molecule has 45 heavy (non-hydrogen) atoms. The van der Waals surface area contributed by atoms with Crippen molar-refractivity contribution >= 4 is 54.9 Å². The summed E-state index contributed by atoms with van der Waals surface area (Å²) in [7, 11) is 0. The molecule has 1 heteroatoms. The lowest BCUT2D eigenvalue weighted by Gasteiger charge is -2.19. The number of nitrogens with zero attached hydrogens (tertiary/aromatic N) is 1. The largest absolute Gasteiger partial charge is 0.308 e. The van der Waals surface area contributed by atoms with Crippen LogP contribution in [0.2, 0.25) is 0 Å². The van der Waals surface area contributed by atoms with Crippen LogP contribution in [0.1, 0.15) is 56.7 Å². The molecule has 0 atom stereocenters.